The molecule has 128 valence electrons. The van der Waals surface area contributed by atoms with Gasteiger partial charge in [-0.1, -0.05) is 26.2 Å². The number of amides is 1. The summed E-state index contributed by atoms with van der Waals surface area (Å²) in [5.41, 5.74) is -2.66. The number of halogens is 3. The second kappa shape index (κ2) is 7.20. The van der Waals surface area contributed by atoms with Gasteiger partial charge < -0.3 is 10.1 Å². The van der Waals surface area contributed by atoms with Crippen molar-refractivity contribution >= 4 is 5.91 Å². The van der Waals surface area contributed by atoms with E-state index in [4.69, 9.17) is 4.74 Å². The number of carbonyl (C=O) groups excluding carboxylic acids is 1. The summed E-state index contributed by atoms with van der Waals surface area (Å²) >= 11 is 0. The zero-order valence-corrected chi connectivity index (χ0v) is 13.2. The molecule has 2 aliphatic rings. The summed E-state index contributed by atoms with van der Waals surface area (Å²) < 4.78 is 46.2. The van der Waals surface area contributed by atoms with E-state index in [1.54, 1.807) is 0 Å². The maximum absolute atomic E-state index is 13.7. The number of hydrogen-bond donors (Lipinski definition) is 1. The lowest BCUT2D eigenvalue weighted by atomic mass is 9.84. The zero-order valence-electron chi connectivity index (χ0n) is 13.2. The summed E-state index contributed by atoms with van der Waals surface area (Å²) in [4.78, 5) is 12.3. The van der Waals surface area contributed by atoms with Gasteiger partial charge in [0.25, 0.3) is 5.91 Å². The summed E-state index contributed by atoms with van der Waals surface area (Å²) in [6, 6.07) is 0. The molecule has 1 heterocycles. The number of rotatable bonds is 6. The Balaban J connectivity index is 2.12. The highest BCUT2D eigenvalue weighted by Gasteiger charge is 2.62. The number of nitrogens with one attached hydrogen (secondary N) is 1. The minimum Gasteiger partial charge on any atom is -0.357 e. The van der Waals surface area contributed by atoms with E-state index in [0.717, 1.165) is 32.1 Å². The fourth-order valence-corrected chi connectivity index (χ4v) is 3.11. The van der Waals surface area contributed by atoms with Crippen LogP contribution in [0.25, 0.3) is 0 Å². The van der Waals surface area contributed by atoms with Crippen molar-refractivity contribution in [3.05, 3.63) is 0 Å². The predicted molar refractivity (Wildman–Crippen MR) is 77.3 cm³/mol. The Kier molecular flexibility index (Phi) is 5.75. The third-order valence-electron chi connectivity index (χ3n) is 4.72. The molecular formula is C16H26F3NO2. The summed E-state index contributed by atoms with van der Waals surface area (Å²) in [5, 5.41) is 2.48. The molecule has 0 aromatic heterocycles. The first kappa shape index (κ1) is 17.6. The average Bonchev–Trinajstić information content (AvgIpc) is 3.28. The standard InChI is InChI=1S/C16H26F3NO2/c1-2-3-5-12-6-4-9-22-15(10-12,16(17,18)19)14(21)20-11-13-7-8-13/h12-13H,2-11H2,1H3,(H,20,21)/t12-,15+/m1/s1. The average molecular weight is 321 g/mol. The van der Waals surface area contributed by atoms with Crippen molar-refractivity contribution < 1.29 is 22.7 Å². The van der Waals surface area contributed by atoms with Gasteiger partial charge >= 0.3 is 6.18 Å². The third-order valence-corrected chi connectivity index (χ3v) is 4.72. The van der Waals surface area contributed by atoms with E-state index in [1.807, 2.05) is 6.92 Å². The van der Waals surface area contributed by atoms with Crippen LogP contribution in [0.3, 0.4) is 0 Å². The normalized spacial score (nSPS) is 29.9. The van der Waals surface area contributed by atoms with Crippen molar-refractivity contribution in [1.29, 1.82) is 0 Å². The van der Waals surface area contributed by atoms with Gasteiger partial charge in [-0.2, -0.15) is 13.2 Å². The number of hydrogen-bond acceptors (Lipinski definition) is 2. The van der Waals surface area contributed by atoms with Crippen LogP contribution < -0.4 is 5.32 Å². The number of carbonyl (C=O) groups is 1. The van der Waals surface area contributed by atoms with Gasteiger partial charge in [0.2, 0.25) is 5.60 Å². The van der Waals surface area contributed by atoms with Crippen molar-refractivity contribution in [2.75, 3.05) is 13.2 Å². The van der Waals surface area contributed by atoms with E-state index in [2.05, 4.69) is 5.32 Å². The molecular weight excluding hydrogens is 295 g/mol. The zero-order chi connectivity index (χ0) is 16.2. The van der Waals surface area contributed by atoms with Gasteiger partial charge in [-0.3, -0.25) is 4.79 Å². The fraction of sp³-hybridized carbons (Fsp3) is 0.938. The van der Waals surface area contributed by atoms with Gasteiger partial charge in [0, 0.05) is 13.2 Å². The molecule has 1 saturated heterocycles. The highest BCUT2D eigenvalue weighted by Crippen LogP contribution is 2.43. The summed E-state index contributed by atoms with van der Waals surface area (Å²) in [6.45, 7) is 2.35. The lowest BCUT2D eigenvalue weighted by molar-refractivity contribution is -0.269. The highest BCUT2D eigenvalue weighted by atomic mass is 19.4. The van der Waals surface area contributed by atoms with Gasteiger partial charge in [0.05, 0.1) is 0 Å². The van der Waals surface area contributed by atoms with E-state index < -0.39 is 17.7 Å². The van der Waals surface area contributed by atoms with E-state index in [9.17, 15) is 18.0 Å². The number of unbranched alkanes of at least 4 members (excludes halogenated alkanes) is 1. The first-order chi connectivity index (χ1) is 10.4. The minimum atomic E-state index is -4.67. The molecule has 1 N–H and O–H groups in total. The molecule has 0 aromatic carbocycles. The third kappa shape index (κ3) is 4.15. The topological polar surface area (TPSA) is 38.3 Å². The van der Waals surface area contributed by atoms with Crippen LogP contribution in [-0.2, 0) is 9.53 Å². The van der Waals surface area contributed by atoms with Crippen LogP contribution in [0, 0.1) is 11.8 Å². The molecule has 2 rings (SSSR count). The quantitative estimate of drug-likeness (QED) is 0.807. The molecule has 0 spiro atoms. The van der Waals surface area contributed by atoms with E-state index in [1.165, 1.54) is 0 Å². The Labute approximate surface area is 130 Å². The summed E-state index contributed by atoms with van der Waals surface area (Å²) in [5.74, 6) is -0.748. The number of alkyl halides is 3. The van der Waals surface area contributed by atoms with E-state index in [0.29, 0.717) is 25.3 Å². The maximum Gasteiger partial charge on any atom is 0.426 e. The lowest BCUT2D eigenvalue weighted by Gasteiger charge is -2.35. The molecule has 2 fully saturated rings. The Morgan fingerprint density at radius 2 is 2.00 bits per heavy atom. The van der Waals surface area contributed by atoms with Gasteiger partial charge in [0.15, 0.2) is 0 Å². The molecule has 0 radical (unpaired) electrons. The molecule has 2 atom stereocenters. The van der Waals surface area contributed by atoms with Gasteiger partial charge in [-0.15, -0.1) is 0 Å². The fourth-order valence-electron chi connectivity index (χ4n) is 3.11. The second-order valence-electron chi connectivity index (χ2n) is 6.68. The smallest absolute Gasteiger partial charge is 0.357 e. The Morgan fingerprint density at radius 1 is 1.27 bits per heavy atom. The first-order valence-electron chi connectivity index (χ1n) is 8.38. The van der Waals surface area contributed by atoms with Crippen molar-refractivity contribution in [2.45, 2.75) is 70.1 Å². The molecule has 22 heavy (non-hydrogen) atoms. The van der Waals surface area contributed by atoms with Crippen LogP contribution >= 0.6 is 0 Å². The lowest BCUT2D eigenvalue weighted by Crippen LogP contribution is -2.59. The largest absolute Gasteiger partial charge is 0.426 e. The van der Waals surface area contributed by atoms with Crippen molar-refractivity contribution in [2.24, 2.45) is 11.8 Å². The molecule has 1 saturated carbocycles. The Hall–Kier alpha value is -0.780. The molecule has 1 amide bonds. The molecule has 1 aliphatic heterocycles. The molecule has 0 unspecified atom stereocenters. The van der Waals surface area contributed by atoms with Crippen LogP contribution in [0.2, 0.25) is 0 Å². The monoisotopic (exact) mass is 321 g/mol. The summed E-state index contributed by atoms with van der Waals surface area (Å²) in [6.07, 6.45) is 0.914. The highest BCUT2D eigenvalue weighted by molar-refractivity contribution is 5.86. The van der Waals surface area contributed by atoms with Crippen LogP contribution in [0.5, 0.6) is 0 Å². The van der Waals surface area contributed by atoms with Crippen molar-refractivity contribution in [3.63, 3.8) is 0 Å². The predicted octanol–water partition coefficient (Wildman–Crippen LogP) is 3.82. The van der Waals surface area contributed by atoms with Crippen LogP contribution in [0.1, 0.15) is 58.3 Å². The summed E-state index contributed by atoms with van der Waals surface area (Å²) in [7, 11) is 0. The first-order valence-corrected chi connectivity index (χ1v) is 8.38. The van der Waals surface area contributed by atoms with Gasteiger partial charge in [-0.05, 0) is 43.9 Å². The molecule has 1 aliphatic carbocycles. The second-order valence-corrected chi connectivity index (χ2v) is 6.68. The van der Waals surface area contributed by atoms with Gasteiger partial charge in [-0.25, -0.2) is 0 Å². The molecule has 6 heteroatoms. The van der Waals surface area contributed by atoms with Crippen LogP contribution in [-0.4, -0.2) is 30.8 Å². The van der Waals surface area contributed by atoms with Gasteiger partial charge in [0.1, 0.15) is 0 Å². The van der Waals surface area contributed by atoms with Crippen molar-refractivity contribution in [3.8, 4) is 0 Å². The SMILES string of the molecule is CCCC[C@@H]1CCCO[C@@](C(=O)NCC2CC2)(C(F)(F)F)C1. The van der Waals surface area contributed by atoms with Crippen molar-refractivity contribution in [1.82, 2.24) is 5.32 Å². The molecule has 0 aromatic rings. The van der Waals surface area contributed by atoms with Crippen LogP contribution in [0.15, 0.2) is 0 Å². The van der Waals surface area contributed by atoms with E-state index in [-0.39, 0.29) is 18.9 Å². The maximum atomic E-state index is 13.7. The molecule has 0 bridgehead atoms. The van der Waals surface area contributed by atoms with E-state index >= 15 is 0 Å². The van der Waals surface area contributed by atoms with Crippen LogP contribution in [0.4, 0.5) is 13.2 Å². The number of ether oxygens (including phenoxy) is 1. The Morgan fingerprint density at radius 3 is 2.59 bits per heavy atom. The molecule has 3 nitrogen and oxygen atoms in total. The Bertz CT molecular complexity index is 382. The minimum absolute atomic E-state index is 0.00101.